The molecule has 21 heavy (non-hydrogen) atoms. The molecule has 0 bridgehead atoms. The summed E-state index contributed by atoms with van der Waals surface area (Å²) < 4.78 is 5.19. The molecular weight excluding hydrogens is 270 g/mol. The molecule has 0 radical (unpaired) electrons. The third-order valence-corrected chi connectivity index (χ3v) is 4.49. The molecule has 2 aliphatic rings. The third-order valence-electron chi connectivity index (χ3n) is 4.49. The van der Waals surface area contributed by atoms with Crippen molar-refractivity contribution in [1.29, 1.82) is 0 Å². The van der Waals surface area contributed by atoms with E-state index in [0.717, 1.165) is 38.5 Å². The Balaban J connectivity index is 1.76. The lowest BCUT2D eigenvalue weighted by Gasteiger charge is -2.34. The van der Waals surface area contributed by atoms with E-state index in [4.69, 9.17) is 9.52 Å². The molecule has 0 saturated heterocycles. The fourth-order valence-corrected chi connectivity index (χ4v) is 3.07. The first-order valence-corrected chi connectivity index (χ1v) is 7.78. The van der Waals surface area contributed by atoms with Crippen LogP contribution in [0.2, 0.25) is 0 Å². The van der Waals surface area contributed by atoms with Gasteiger partial charge >= 0.3 is 5.97 Å². The van der Waals surface area contributed by atoms with Gasteiger partial charge in [-0.3, -0.25) is 4.79 Å². The summed E-state index contributed by atoms with van der Waals surface area (Å²) >= 11 is 0. The Labute approximate surface area is 123 Å². The number of furan rings is 1. The van der Waals surface area contributed by atoms with Gasteiger partial charge in [-0.25, -0.2) is 4.79 Å². The monoisotopic (exact) mass is 291 g/mol. The molecule has 1 amide bonds. The topological polar surface area (TPSA) is 70.7 Å². The first kappa shape index (κ1) is 14.2. The number of hydrogen-bond acceptors (Lipinski definition) is 3. The van der Waals surface area contributed by atoms with Crippen LogP contribution in [-0.2, 0) is 0 Å². The van der Waals surface area contributed by atoms with Crippen molar-refractivity contribution < 1.29 is 19.1 Å². The number of carboxylic acids is 1. The lowest BCUT2D eigenvalue weighted by molar-refractivity contribution is 0.0589. The maximum Gasteiger partial charge on any atom is 0.338 e. The minimum atomic E-state index is -1.07. The summed E-state index contributed by atoms with van der Waals surface area (Å²) in [5, 5.41) is 8.94. The quantitative estimate of drug-likeness (QED) is 0.904. The van der Waals surface area contributed by atoms with Gasteiger partial charge in [-0.15, -0.1) is 0 Å². The average molecular weight is 291 g/mol. The standard InChI is InChI=1S/C16H21NO4/c18-15(14-8-12(10-21-14)16(19)20)17(9-11-6-7-11)13-4-2-1-3-5-13/h8,10-11,13H,1-7,9H2,(H,19,20). The Morgan fingerprint density at radius 2 is 1.90 bits per heavy atom. The van der Waals surface area contributed by atoms with Crippen LogP contribution in [0, 0.1) is 5.92 Å². The van der Waals surface area contributed by atoms with Crippen molar-refractivity contribution in [1.82, 2.24) is 4.90 Å². The Morgan fingerprint density at radius 1 is 1.19 bits per heavy atom. The molecule has 0 aliphatic heterocycles. The molecule has 0 aromatic carbocycles. The fourth-order valence-electron chi connectivity index (χ4n) is 3.07. The Hall–Kier alpha value is -1.78. The van der Waals surface area contributed by atoms with Gasteiger partial charge in [0.1, 0.15) is 6.26 Å². The van der Waals surface area contributed by atoms with Gasteiger partial charge in [0.25, 0.3) is 5.91 Å². The highest BCUT2D eigenvalue weighted by molar-refractivity contribution is 5.95. The van der Waals surface area contributed by atoms with Gasteiger partial charge in [0.2, 0.25) is 0 Å². The van der Waals surface area contributed by atoms with Crippen molar-refractivity contribution in [2.24, 2.45) is 5.92 Å². The second-order valence-corrected chi connectivity index (χ2v) is 6.20. The zero-order valence-corrected chi connectivity index (χ0v) is 12.1. The van der Waals surface area contributed by atoms with Crippen LogP contribution in [0.1, 0.15) is 65.9 Å². The van der Waals surface area contributed by atoms with Crippen molar-refractivity contribution >= 4 is 11.9 Å². The summed E-state index contributed by atoms with van der Waals surface area (Å²) in [4.78, 5) is 25.5. The SMILES string of the molecule is O=C(O)c1coc(C(=O)N(CC2CC2)C2CCCCC2)c1. The van der Waals surface area contributed by atoms with Crippen molar-refractivity contribution in [3.8, 4) is 0 Å². The zero-order valence-electron chi connectivity index (χ0n) is 12.1. The molecule has 5 nitrogen and oxygen atoms in total. The van der Waals surface area contributed by atoms with Gasteiger partial charge in [-0.2, -0.15) is 0 Å². The number of rotatable bonds is 5. The van der Waals surface area contributed by atoms with Crippen molar-refractivity contribution in [3.63, 3.8) is 0 Å². The summed E-state index contributed by atoms with van der Waals surface area (Å²) in [6, 6.07) is 1.62. The first-order valence-electron chi connectivity index (χ1n) is 7.78. The molecule has 114 valence electrons. The summed E-state index contributed by atoms with van der Waals surface area (Å²) in [5.41, 5.74) is 0.0355. The minimum Gasteiger partial charge on any atom is -0.478 e. The third kappa shape index (κ3) is 3.28. The van der Waals surface area contributed by atoms with Crippen LogP contribution in [0.4, 0.5) is 0 Å². The predicted octanol–water partition coefficient (Wildman–Crippen LogP) is 3.16. The smallest absolute Gasteiger partial charge is 0.338 e. The molecule has 2 fully saturated rings. The minimum absolute atomic E-state index is 0.0355. The zero-order chi connectivity index (χ0) is 14.8. The van der Waals surface area contributed by atoms with Gasteiger partial charge in [0, 0.05) is 18.7 Å². The van der Waals surface area contributed by atoms with Crippen LogP contribution < -0.4 is 0 Å². The molecule has 0 spiro atoms. The van der Waals surface area contributed by atoms with E-state index in [9.17, 15) is 9.59 Å². The van der Waals surface area contributed by atoms with E-state index in [1.54, 1.807) is 0 Å². The van der Waals surface area contributed by atoms with Crippen molar-refractivity contribution in [2.45, 2.75) is 51.0 Å². The summed E-state index contributed by atoms with van der Waals surface area (Å²) in [7, 11) is 0. The van der Waals surface area contributed by atoms with E-state index in [0.29, 0.717) is 5.92 Å². The molecule has 1 aromatic rings. The van der Waals surface area contributed by atoms with Crippen LogP contribution in [0.5, 0.6) is 0 Å². The van der Waals surface area contributed by atoms with Gasteiger partial charge in [0.05, 0.1) is 5.56 Å². The lowest BCUT2D eigenvalue weighted by Crippen LogP contribution is -2.42. The van der Waals surface area contributed by atoms with Crippen LogP contribution in [-0.4, -0.2) is 34.5 Å². The normalized spacial score (nSPS) is 19.4. The van der Waals surface area contributed by atoms with Crippen LogP contribution >= 0.6 is 0 Å². The summed E-state index contributed by atoms with van der Waals surface area (Å²) in [6.45, 7) is 0.784. The van der Waals surface area contributed by atoms with E-state index in [1.807, 2.05) is 4.90 Å². The second-order valence-electron chi connectivity index (χ2n) is 6.20. The number of hydrogen-bond donors (Lipinski definition) is 1. The van der Waals surface area contributed by atoms with Gasteiger partial charge in [0.15, 0.2) is 5.76 Å². The van der Waals surface area contributed by atoms with Gasteiger partial charge in [-0.1, -0.05) is 19.3 Å². The van der Waals surface area contributed by atoms with E-state index >= 15 is 0 Å². The molecule has 1 aromatic heterocycles. The number of nitrogens with zero attached hydrogens (tertiary/aromatic N) is 1. The van der Waals surface area contributed by atoms with E-state index in [-0.39, 0.29) is 23.3 Å². The molecule has 2 saturated carbocycles. The van der Waals surface area contributed by atoms with Crippen LogP contribution in [0.3, 0.4) is 0 Å². The largest absolute Gasteiger partial charge is 0.478 e. The Kier molecular flexibility index (Phi) is 3.99. The molecular formula is C16H21NO4. The van der Waals surface area contributed by atoms with Crippen molar-refractivity contribution in [2.75, 3.05) is 6.54 Å². The first-order chi connectivity index (χ1) is 10.1. The molecule has 2 aliphatic carbocycles. The summed E-state index contributed by atoms with van der Waals surface area (Å²) in [5.74, 6) is -0.450. The Bertz CT molecular complexity index is 526. The highest BCUT2D eigenvalue weighted by Gasteiger charge is 2.33. The molecule has 1 heterocycles. The number of carbonyl (C=O) groups is 2. The lowest BCUT2D eigenvalue weighted by atomic mass is 9.93. The predicted molar refractivity (Wildman–Crippen MR) is 76.3 cm³/mol. The number of aromatic carboxylic acids is 1. The van der Waals surface area contributed by atoms with Gasteiger partial charge in [-0.05, 0) is 31.6 Å². The number of carboxylic acid groups (broad SMARTS) is 1. The number of amides is 1. The van der Waals surface area contributed by atoms with E-state index < -0.39 is 5.97 Å². The van der Waals surface area contributed by atoms with Gasteiger partial charge < -0.3 is 14.4 Å². The molecule has 1 N–H and O–H groups in total. The van der Waals surface area contributed by atoms with E-state index in [1.165, 1.54) is 25.3 Å². The van der Waals surface area contributed by atoms with E-state index in [2.05, 4.69) is 0 Å². The maximum atomic E-state index is 12.7. The van der Waals surface area contributed by atoms with Crippen molar-refractivity contribution in [3.05, 3.63) is 23.7 Å². The average Bonchev–Trinajstić information content (AvgIpc) is 3.17. The molecule has 5 heteroatoms. The number of carbonyl (C=O) groups excluding carboxylic acids is 1. The molecule has 3 rings (SSSR count). The second kappa shape index (κ2) is 5.92. The highest BCUT2D eigenvalue weighted by atomic mass is 16.4. The maximum absolute atomic E-state index is 12.7. The van der Waals surface area contributed by atoms with Crippen LogP contribution in [0.25, 0.3) is 0 Å². The fraction of sp³-hybridized carbons (Fsp3) is 0.625. The summed E-state index contributed by atoms with van der Waals surface area (Å²) in [6.07, 6.45) is 9.19. The molecule has 0 unspecified atom stereocenters. The highest BCUT2D eigenvalue weighted by Crippen LogP contribution is 2.33. The molecule has 0 atom stereocenters. The Morgan fingerprint density at radius 3 is 2.48 bits per heavy atom. The van der Waals surface area contributed by atoms with Crippen LogP contribution in [0.15, 0.2) is 16.7 Å².